The van der Waals surface area contributed by atoms with Gasteiger partial charge < -0.3 is 4.90 Å². The Morgan fingerprint density at radius 2 is 1.77 bits per heavy atom. The number of carbonyl (C=O) groups excluding carboxylic acids is 1. The molecule has 0 aromatic heterocycles. The quantitative estimate of drug-likeness (QED) is 0.841. The molecule has 0 atom stereocenters. The molecule has 0 saturated heterocycles. The smallest absolute Gasteiger partial charge is 0.224 e. The molecule has 2 aromatic carbocycles. The summed E-state index contributed by atoms with van der Waals surface area (Å²) >= 11 is 0. The highest BCUT2D eigenvalue weighted by molar-refractivity contribution is 7.88. The van der Waals surface area contributed by atoms with Crippen LogP contribution in [-0.4, -0.2) is 32.3 Å². The molecule has 5 nitrogen and oxygen atoms in total. The summed E-state index contributed by atoms with van der Waals surface area (Å²) in [5, 5.41) is 0. The van der Waals surface area contributed by atoms with E-state index in [9.17, 15) is 17.6 Å². The van der Waals surface area contributed by atoms with Gasteiger partial charge in [0.15, 0.2) is 0 Å². The van der Waals surface area contributed by atoms with E-state index >= 15 is 0 Å². The van der Waals surface area contributed by atoms with Gasteiger partial charge in [0.25, 0.3) is 0 Å². The second kappa shape index (κ2) is 7.97. The lowest BCUT2D eigenvalue weighted by Gasteiger charge is -2.29. The van der Waals surface area contributed by atoms with Crippen LogP contribution in [0.25, 0.3) is 0 Å². The molecule has 0 saturated carbocycles. The molecule has 1 heterocycles. The molecule has 138 valence electrons. The highest BCUT2D eigenvalue weighted by Gasteiger charge is 2.20. The van der Waals surface area contributed by atoms with Crippen LogP contribution in [0.4, 0.5) is 4.39 Å². The zero-order valence-electron chi connectivity index (χ0n) is 14.3. The zero-order chi connectivity index (χ0) is 18.6. The van der Waals surface area contributed by atoms with Gasteiger partial charge in [-0.25, -0.2) is 17.5 Å². The van der Waals surface area contributed by atoms with Gasteiger partial charge in [0.2, 0.25) is 15.9 Å². The molecule has 0 aliphatic carbocycles. The van der Waals surface area contributed by atoms with Crippen LogP contribution in [-0.2, 0) is 33.5 Å². The average molecular weight is 376 g/mol. The number of carbonyl (C=O) groups is 1. The van der Waals surface area contributed by atoms with Crippen molar-refractivity contribution in [2.75, 3.05) is 13.1 Å². The number of nitrogens with one attached hydrogen (secondary N) is 1. The molecule has 0 spiro atoms. The van der Waals surface area contributed by atoms with Crippen molar-refractivity contribution in [2.24, 2.45) is 0 Å². The Hall–Kier alpha value is -2.25. The predicted molar refractivity (Wildman–Crippen MR) is 97.2 cm³/mol. The number of benzene rings is 2. The first-order chi connectivity index (χ1) is 12.4. The van der Waals surface area contributed by atoms with E-state index < -0.39 is 15.8 Å². The number of halogens is 1. The Labute approximate surface area is 152 Å². The first-order valence-corrected chi connectivity index (χ1v) is 10.1. The Morgan fingerprint density at radius 1 is 1.08 bits per heavy atom. The summed E-state index contributed by atoms with van der Waals surface area (Å²) in [6, 6.07) is 13.4. The van der Waals surface area contributed by atoms with Gasteiger partial charge in [0.1, 0.15) is 5.82 Å². The maximum Gasteiger partial charge on any atom is 0.224 e. The monoisotopic (exact) mass is 376 g/mol. The summed E-state index contributed by atoms with van der Waals surface area (Å²) in [4.78, 5) is 14.1. The molecule has 0 radical (unpaired) electrons. The molecule has 0 fully saturated rings. The van der Waals surface area contributed by atoms with Gasteiger partial charge in [0, 0.05) is 26.1 Å². The zero-order valence-corrected chi connectivity index (χ0v) is 15.1. The summed E-state index contributed by atoms with van der Waals surface area (Å²) < 4.78 is 39.5. The van der Waals surface area contributed by atoms with E-state index in [0.717, 1.165) is 12.0 Å². The van der Waals surface area contributed by atoms with E-state index in [1.165, 1.54) is 29.8 Å². The average Bonchev–Trinajstić information content (AvgIpc) is 2.63. The van der Waals surface area contributed by atoms with Crippen LogP contribution < -0.4 is 4.72 Å². The molecule has 1 amide bonds. The van der Waals surface area contributed by atoms with E-state index in [1.807, 2.05) is 18.2 Å². The summed E-state index contributed by atoms with van der Waals surface area (Å²) in [7, 11) is -3.57. The largest absolute Gasteiger partial charge is 0.338 e. The Balaban J connectivity index is 1.48. The lowest BCUT2D eigenvalue weighted by molar-refractivity contribution is -0.131. The van der Waals surface area contributed by atoms with Crippen molar-refractivity contribution in [1.29, 1.82) is 0 Å². The third-order valence-corrected chi connectivity index (χ3v) is 5.77. The first-order valence-electron chi connectivity index (χ1n) is 8.49. The maximum absolute atomic E-state index is 12.9. The minimum absolute atomic E-state index is 0.0561. The number of fused-ring (bicyclic) bond motifs is 1. The topological polar surface area (TPSA) is 66.5 Å². The van der Waals surface area contributed by atoms with Crippen LogP contribution in [0, 0.1) is 5.82 Å². The van der Waals surface area contributed by atoms with Gasteiger partial charge in [-0.3, -0.25) is 4.79 Å². The fraction of sp³-hybridized carbons (Fsp3) is 0.316. The van der Waals surface area contributed by atoms with Crippen molar-refractivity contribution < 1.29 is 17.6 Å². The fourth-order valence-corrected chi connectivity index (χ4v) is 4.18. The molecule has 26 heavy (non-hydrogen) atoms. The second-order valence-electron chi connectivity index (χ2n) is 6.36. The molecule has 1 aliphatic rings. The first kappa shape index (κ1) is 18.5. The standard InChI is InChI=1S/C19H21FN2O3S/c20-18-7-5-15(6-8-18)14-26(24,25)21-11-9-19(23)22-12-10-16-3-1-2-4-17(16)13-22/h1-8,21H,9-14H2. The Kier molecular flexibility index (Phi) is 5.68. The fourth-order valence-electron chi connectivity index (χ4n) is 3.03. The van der Waals surface area contributed by atoms with Crippen LogP contribution in [0.15, 0.2) is 48.5 Å². The van der Waals surface area contributed by atoms with Gasteiger partial charge in [-0.1, -0.05) is 36.4 Å². The Morgan fingerprint density at radius 3 is 2.50 bits per heavy atom. The van der Waals surface area contributed by atoms with E-state index in [4.69, 9.17) is 0 Å². The lowest BCUT2D eigenvalue weighted by Crippen LogP contribution is -2.38. The van der Waals surface area contributed by atoms with Gasteiger partial charge in [0.05, 0.1) is 5.75 Å². The minimum atomic E-state index is -3.57. The van der Waals surface area contributed by atoms with Crippen molar-refractivity contribution in [3.8, 4) is 0 Å². The second-order valence-corrected chi connectivity index (χ2v) is 8.17. The van der Waals surface area contributed by atoms with E-state index in [-0.39, 0.29) is 24.6 Å². The van der Waals surface area contributed by atoms with Crippen LogP contribution in [0.2, 0.25) is 0 Å². The van der Waals surface area contributed by atoms with Crippen LogP contribution in [0.1, 0.15) is 23.1 Å². The maximum atomic E-state index is 12.9. The lowest BCUT2D eigenvalue weighted by atomic mass is 10.00. The number of rotatable bonds is 6. The summed E-state index contributed by atoms with van der Waals surface area (Å²) in [6.45, 7) is 1.27. The summed E-state index contributed by atoms with van der Waals surface area (Å²) in [5.74, 6) is -0.713. The van der Waals surface area contributed by atoms with E-state index in [0.29, 0.717) is 18.7 Å². The number of nitrogens with zero attached hydrogens (tertiary/aromatic N) is 1. The van der Waals surface area contributed by atoms with Gasteiger partial charge in [-0.05, 0) is 35.2 Å². The molecular formula is C19H21FN2O3S. The van der Waals surface area contributed by atoms with Gasteiger partial charge in [-0.15, -0.1) is 0 Å². The van der Waals surface area contributed by atoms with Crippen LogP contribution in [0.3, 0.4) is 0 Å². The molecule has 1 N–H and O–H groups in total. The molecule has 3 rings (SSSR count). The third kappa shape index (κ3) is 4.89. The van der Waals surface area contributed by atoms with Crippen molar-refractivity contribution in [1.82, 2.24) is 9.62 Å². The Bertz CT molecular complexity index is 882. The predicted octanol–water partition coefficient (Wildman–Crippen LogP) is 2.22. The minimum Gasteiger partial charge on any atom is -0.338 e. The van der Waals surface area contributed by atoms with Crippen LogP contribution in [0.5, 0.6) is 0 Å². The summed E-state index contributed by atoms with van der Waals surface area (Å²) in [5.41, 5.74) is 2.90. The molecule has 1 aliphatic heterocycles. The third-order valence-electron chi connectivity index (χ3n) is 4.41. The molecule has 2 aromatic rings. The van der Waals surface area contributed by atoms with E-state index in [2.05, 4.69) is 10.8 Å². The SMILES string of the molecule is O=C(CCNS(=O)(=O)Cc1ccc(F)cc1)N1CCc2ccccc2C1. The molecule has 0 bridgehead atoms. The number of hydrogen-bond acceptors (Lipinski definition) is 3. The van der Waals surface area contributed by atoms with Crippen molar-refractivity contribution in [2.45, 2.75) is 25.1 Å². The highest BCUT2D eigenvalue weighted by Crippen LogP contribution is 2.18. The number of amides is 1. The van der Waals surface area contributed by atoms with E-state index in [1.54, 1.807) is 4.90 Å². The molecular weight excluding hydrogens is 355 g/mol. The number of sulfonamides is 1. The van der Waals surface area contributed by atoms with Crippen molar-refractivity contribution in [3.05, 3.63) is 71.0 Å². The van der Waals surface area contributed by atoms with Gasteiger partial charge in [-0.2, -0.15) is 0 Å². The molecule has 0 unspecified atom stereocenters. The van der Waals surface area contributed by atoms with Crippen molar-refractivity contribution in [3.63, 3.8) is 0 Å². The molecule has 7 heteroatoms. The number of hydrogen-bond donors (Lipinski definition) is 1. The van der Waals surface area contributed by atoms with Gasteiger partial charge >= 0.3 is 0 Å². The normalized spacial score (nSPS) is 14.1. The van der Waals surface area contributed by atoms with Crippen LogP contribution >= 0.6 is 0 Å². The summed E-state index contributed by atoms with van der Waals surface area (Å²) in [6.07, 6.45) is 0.934. The highest BCUT2D eigenvalue weighted by atomic mass is 32.2. The van der Waals surface area contributed by atoms with Crippen molar-refractivity contribution >= 4 is 15.9 Å².